The van der Waals surface area contributed by atoms with Crippen molar-refractivity contribution in [2.75, 3.05) is 6.54 Å². The van der Waals surface area contributed by atoms with Crippen LogP contribution in [0, 0.1) is 0 Å². The summed E-state index contributed by atoms with van der Waals surface area (Å²) in [5.41, 5.74) is 2.25. The fraction of sp³-hybridized carbons (Fsp3) is 0.333. The van der Waals surface area contributed by atoms with Gasteiger partial charge in [0.15, 0.2) is 0 Å². The number of H-pyrrole nitrogens is 1. The minimum atomic E-state index is -0.264. The molecule has 0 bridgehead atoms. The van der Waals surface area contributed by atoms with E-state index in [2.05, 4.69) is 32.3 Å². The van der Waals surface area contributed by atoms with Crippen molar-refractivity contribution in [2.24, 2.45) is 0 Å². The summed E-state index contributed by atoms with van der Waals surface area (Å²) < 4.78 is 0.874. The molecule has 1 heterocycles. The molecule has 3 rings (SSSR count). The van der Waals surface area contributed by atoms with Crippen LogP contribution in [0.2, 0.25) is 0 Å². The molecular formula is C18H19BrN2O2. The first kappa shape index (κ1) is 16.0. The first-order chi connectivity index (χ1) is 11.1. The van der Waals surface area contributed by atoms with Gasteiger partial charge in [-0.05, 0) is 50.3 Å². The number of carbonyl (C=O) groups excluding carboxylic acids is 1. The molecule has 0 unspecified atom stereocenters. The minimum Gasteiger partial charge on any atom is -0.352 e. The van der Waals surface area contributed by atoms with E-state index in [1.165, 1.54) is 24.5 Å². The Hall–Kier alpha value is -1.88. The van der Waals surface area contributed by atoms with Crippen molar-refractivity contribution >= 4 is 32.7 Å². The summed E-state index contributed by atoms with van der Waals surface area (Å²) in [6.45, 7) is 0.604. The monoisotopic (exact) mass is 374 g/mol. The maximum Gasteiger partial charge on any atom is 0.252 e. The van der Waals surface area contributed by atoms with Gasteiger partial charge in [0.05, 0.1) is 5.56 Å². The van der Waals surface area contributed by atoms with E-state index in [4.69, 9.17) is 0 Å². The Bertz CT molecular complexity index is 823. The van der Waals surface area contributed by atoms with Crippen LogP contribution in [0.4, 0.5) is 0 Å². The average molecular weight is 375 g/mol. The summed E-state index contributed by atoms with van der Waals surface area (Å²) in [6.07, 6.45) is 7.97. The quantitative estimate of drug-likeness (QED) is 0.796. The molecule has 120 valence electrons. The minimum absolute atomic E-state index is 0.199. The second-order valence-corrected chi connectivity index (χ2v) is 6.77. The number of amides is 1. The van der Waals surface area contributed by atoms with Crippen molar-refractivity contribution in [3.05, 3.63) is 56.3 Å². The predicted molar refractivity (Wildman–Crippen MR) is 95.8 cm³/mol. The highest BCUT2D eigenvalue weighted by Gasteiger charge is 2.12. The van der Waals surface area contributed by atoms with Gasteiger partial charge in [-0.25, -0.2) is 0 Å². The van der Waals surface area contributed by atoms with E-state index in [1.54, 1.807) is 6.07 Å². The molecule has 1 aliphatic carbocycles. The second-order valence-electron chi connectivity index (χ2n) is 5.85. The molecule has 1 amide bonds. The summed E-state index contributed by atoms with van der Waals surface area (Å²) in [6, 6.07) is 6.85. The topological polar surface area (TPSA) is 62.0 Å². The first-order valence-electron chi connectivity index (χ1n) is 7.92. The zero-order chi connectivity index (χ0) is 16.2. The van der Waals surface area contributed by atoms with Crippen LogP contribution in [0.5, 0.6) is 0 Å². The standard InChI is InChI=1S/C18H19BrN2O2/c19-13-6-7-16-14(10-13)15(11-17(22)21-16)18(23)20-9-8-12-4-2-1-3-5-12/h4,6-7,10-11H,1-3,5,8-9H2,(H,20,23)(H,21,22). The smallest absolute Gasteiger partial charge is 0.252 e. The summed E-state index contributed by atoms with van der Waals surface area (Å²) in [4.78, 5) is 27.0. The first-order valence-corrected chi connectivity index (χ1v) is 8.71. The molecule has 1 aromatic heterocycles. The molecule has 0 fully saturated rings. The Morgan fingerprint density at radius 1 is 1.26 bits per heavy atom. The lowest BCUT2D eigenvalue weighted by Gasteiger charge is -2.13. The van der Waals surface area contributed by atoms with Gasteiger partial charge in [-0.2, -0.15) is 0 Å². The second kappa shape index (κ2) is 7.13. The van der Waals surface area contributed by atoms with Crippen LogP contribution < -0.4 is 10.9 Å². The number of fused-ring (bicyclic) bond motifs is 1. The number of carbonyl (C=O) groups is 1. The average Bonchev–Trinajstić information content (AvgIpc) is 2.55. The van der Waals surface area contributed by atoms with Crippen LogP contribution in [0.3, 0.4) is 0 Å². The summed E-state index contributed by atoms with van der Waals surface area (Å²) in [5, 5.41) is 3.68. The summed E-state index contributed by atoms with van der Waals surface area (Å²) >= 11 is 3.41. The molecule has 0 radical (unpaired) electrons. The number of pyridine rings is 1. The van der Waals surface area contributed by atoms with Gasteiger partial charge >= 0.3 is 0 Å². The van der Waals surface area contributed by atoms with Crippen LogP contribution in [0.25, 0.3) is 10.9 Å². The number of hydrogen-bond donors (Lipinski definition) is 2. The van der Waals surface area contributed by atoms with Crippen LogP contribution in [-0.2, 0) is 0 Å². The van der Waals surface area contributed by atoms with Gasteiger partial charge in [0.2, 0.25) is 5.56 Å². The van der Waals surface area contributed by atoms with Crippen molar-refractivity contribution in [1.29, 1.82) is 0 Å². The van der Waals surface area contributed by atoms with Gasteiger partial charge in [-0.1, -0.05) is 27.6 Å². The highest BCUT2D eigenvalue weighted by Crippen LogP contribution is 2.21. The molecule has 1 aromatic carbocycles. The van der Waals surface area contributed by atoms with Gasteiger partial charge in [-0.15, -0.1) is 0 Å². The number of benzene rings is 1. The summed E-state index contributed by atoms with van der Waals surface area (Å²) in [7, 11) is 0. The maximum absolute atomic E-state index is 12.5. The number of aromatic amines is 1. The molecule has 5 heteroatoms. The zero-order valence-corrected chi connectivity index (χ0v) is 14.4. The van der Waals surface area contributed by atoms with Gasteiger partial charge in [0.25, 0.3) is 5.91 Å². The van der Waals surface area contributed by atoms with Crippen molar-refractivity contribution in [3.8, 4) is 0 Å². The highest BCUT2D eigenvalue weighted by atomic mass is 79.9. The van der Waals surface area contributed by atoms with Crippen molar-refractivity contribution in [2.45, 2.75) is 32.1 Å². The van der Waals surface area contributed by atoms with E-state index in [0.29, 0.717) is 17.6 Å². The third-order valence-electron chi connectivity index (χ3n) is 4.17. The van der Waals surface area contributed by atoms with E-state index in [1.807, 2.05) is 12.1 Å². The van der Waals surface area contributed by atoms with Crippen LogP contribution in [-0.4, -0.2) is 17.4 Å². The van der Waals surface area contributed by atoms with Crippen LogP contribution in [0.1, 0.15) is 42.5 Å². The Labute approximate surface area is 143 Å². The van der Waals surface area contributed by atoms with Crippen LogP contribution in [0.15, 0.2) is 45.2 Å². The SMILES string of the molecule is O=C(NCCC1=CCCCC1)c1cc(=O)[nH]c2ccc(Br)cc12. The third kappa shape index (κ3) is 3.91. The molecule has 0 atom stereocenters. The van der Waals surface area contributed by atoms with Gasteiger partial charge in [-0.3, -0.25) is 9.59 Å². The molecule has 0 spiro atoms. The fourth-order valence-electron chi connectivity index (χ4n) is 2.98. The van der Waals surface area contributed by atoms with Crippen molar-refractivity contribution in [3.63, 3.8) is 0 Å². The normalized spacial score (nSPS) is 14.6. The lowest BCUT2D eigenvalue weighted by atomic mass is 9.97. The van der Waals surface area contributed by atoms with E-state index < -0.39 is 0 Å². The highest BCUT2D eigenvalue weighted by molar-refractivity contribution is 9.10. The Balaban J connectivity index is 1.76. The van der Waals surface area contributed by atoms with Gasteiger partial charge in [0, 0.05) is 28.0 Å². The maximum atomic E-state index is 12.5. The van der Waals surface area contributed by atoms with Gasteiger partial charge < -0.3 is 10.3 Å². The largest absolute Gasteiger partial charge is 0.352 e. The molecule has 0 saturated carbocycles. The number of hydrogen-bond acceptors (Lipinski definition) is 2. The number of halogens is 1. The molecule has 0 aliphatic heterocycles. The number of nitrogens with one attached hydrogen (secondary N) is 2. The predicted octanol–water partition coefficient (Wildman–Crippen LogP) is 3.91. The molecule has 2 aromatic rings. The molecule has 2 N–H and O–H groups in total. The van der Waals surface area contributed by atoms with E-state index >= 15 is 0 Å². The lowest BCUT2D eigenvalue weighted by Crippen LogP contribution is -2.26. The van der Waals surface area contributed by atoms with Gasteiger partial charge in [0.1, 0.15) is 0 Å². The summed E-state index contributed by atoms with van der Waals surface area (Å²) in [5.74, 6) is -0.199. The van der Waals surface area contributed by atoms with E-state index in [0.717, 1.165) is 29.1 Å². The Morgan fingerprint density at radius 2 is 2.13 bits per heavy atom. The Morgan fingerprint density at radius 3 is 2.91 bits per heavy atom. The number of allylic oxidation sites excluding steroid dienone is 1. The Kier molecular flexibility index (Phi) is 4.96. The molecule has 0 saturated heterocycles. The lowest BCUT2D eigenvalue weighted by molar-refractivity contribution is 0.0955. The van der Waals surface area contributed by atoms with Crippen LogP contribution >= 0.6 is 15.9 Å². The fourth-order valence-corrected chi connectivity index (χ4v) is 3.34. The van der Waals surface area contributed by atoms with E-state index in [-0.39, 0.29) is 11.5 Å². The molecular weight excluding hydrogens is 356 g/mol. The van der Waals surface area contributed by atoms with Crippen molar-refractivity contribution < 1.29 is 4.79 Å². The number of aromatic nitrogens is 1. The third-order valence-corrected chi connectivity index (χ3v) is 4.66. The molecule has 23 heavy (non-hydrogen) atoms. The van der Waals surface area contributed by atoms with Crippen molar-refractivity contribution in [1.82, 2.24) is 10.3 Å². The molecule has 4 nitrogen and oxygen atoms in total. The number of rotatable bonds is 4. The molecule has 1 aliphatic rings. The zero-order valence-electron chi connectivity index (χ0n) is 12.8. The van der Waals surface area contributed by atoms with E-state index in [9.17, 15) is 9.59 Å².